The Morgan fingerprint density at radius 3 is 3.17 bits per heavy atom. The van der Waals surface area contributed by atoms with Crippen LogP contribution in [0, 0.1) is 0 Å². The molecule has 0 radical (unpaired) electrons. The zero-order chi connectivity index (χ0) is 8.55. The molecule has 0 spiro atoms. The Bertz CT molecular complexity index is 431. The molecule has 2 nitrogen and oxygen atoms in total. The first kappa shape index (κ1) is 7.55. The van der Waals surface area contributed by atoms with Crippen LogP contribution >= 0.6 is 15.9 Å². The summed E-state index contributed by atoms with van der Waals surface area (Å²) in [4.78, 5) is 4.18. The smallest absolute Gasteiger partial charge is 0.0999 e. The number of hydrogen-bond acceptors (Lipinski definition) is 1. The van der Waals surface area contributed by atoms with Gasteiger partial charge in [-0.3, -0.25) is 0 Å². The van der Waals surface area contributed by atoms with Crippen molar-refractivity contribution in [2.45, 2.75) is 0 Å². The molecule has 0 saturated heterocycles. The van der Waals surface area contributed by atoms with Gasteiger partial charge in [-0.25, -0.2) is 4.98 Å². The largest absolute Gasteiger partial charge is 0.306 e. The molecule has 0 bridgehead atoms. The number of halogens is 1. The van der Waals surface area contributed by atoms with Crippen molar-refractivity contribution in [2.75, 3.05) is 0 Å². The average molecular weight is 223 g/mol. The summed E-state index contributed by atoms with van der Waals surface area (Å²) in [5.74, 6) is 0. The Morgan fingerprint density at radius 2 is 2.42 bits per heavy atom. The van der Waals surface area contributed by atoms with Crippen molar-refractivity contribution in [3.8, 4) is 0 Å². The van der Waals surface area contributed by atoms with Crippen molar-refractivity contribution in [3.05, 3.63) is 41.4 Å². The van der Waals surface area contributed by atoms with E-state index >= 15 is 0 Å². The summed E-state index contributed by atoms with van der Waals surface area (Å²) in [7, 11) is 0. The fourth-order valence-electron chi connectivity index (χ4n) is 1.14. The zero-order valence-electron chi connectivity index (χ0n) is 6.37. The molecule has 12 heavy (non-hydrogen) atoms. The molecule has 2 aromatic rings. The van der Waals surface area contributed by atoms with Gasteiger partial charge in [0.1, 0.15) is 0 Å². The van der Waals surface area contributed by atoms with Crippen LogP contribution in [0.15, 0.2) is 35.7 Å². The molecule has 2 rings (SSSR count). The quantitative estimate of drug-likeness (QED) is 0.726. The molecule has 0 unspecified atom stereocenters. The van der Waals surface area contributed by atoms with E-state index in [0.29, 0.717) is 0 Å². The Labute approximate surface area is 78.7 Å². The fourth-order valence-corrected chi connectivity index (χ4v) is 1.47. The van der Waals surface area contributed by atoms with Crippen LogP contribution in [0.5, 0.6) is 0 Å². The summed E-state index contributed by atoms with van der Waals surface area (Å²) in [5, 5.41) is 0. The summed E-state index contributed by atoms with van der Waals surface area (Å²) in [6.07, 6.45) is 5.49. The monoisotopic (exact) mass is 222 g/mol. The minimum Gasteiger partial charge on any atom is -0.306 e. The second-order valence-electron chi connectivity index (χ2n) is 2.47. The minimum atomic E-state index is 0.913. The Balaban J connectivity index is 2.83. The van der Waals surface area contributed by atoms with E-state index in [1.54, 1.807) is 12.4 Å². The Hall–Kier alpha value is -1.09. The number of rotatable bonds is 1. The molecule has 0 saturated carbocycles. The lowest BCUT2D eigenvalue weighted by Crippen LogP contribution is -1.80. The normalized spacial score (nSPS) is 10.4. The number of pyridine rings is 1. The third-order valence-electron chi connectivity index (χ3n) is 1.72. The van der Waals surface area contributed by atoms with Crippen molar-refractivity contribution < 1.29 is 0 Å². The van der Waals surface area contributed by atoms with Gasteiger partial charge in [-0.2, -0.15) is 0 Å². The van der Waals surface area contributed by atoms with Gasteiger partial charge in [-0.1, -0.05) is 22.5 Å². The number of imidazole rings is 1. The van der Waals surface area contributed by atoms with Crippen LogP contribution in [0.3, 0.4) is 0 Å². The van der Waals surface area contributed by atoms with E-state index in [1.165, 1.54) is 0 Å². The van der Waals surface area contributed by atoms with Crippen molar-refractivity contribution in [1.29, 1.82) is 0 Å². The van der Waals surface area contributed by atoms with Gasteiger partial charge in [0, 0.05) is 10.7 Å². The molecular formula is C9H7BrN2. The SMILES string of the molecule is C=Cc1ncn2ccc(Br)cc12. The van der Waals surface area contributed by atoms with Crippen LogP contribution in [-0.2, 0) is 0 Å². The van der Waals surface area contributed by atoms with Gasteiger partial charge in [0.05, 0.1) is 17.5 Å². The highest BCUT2D eigenvalue weighted by Crippen LogP contribution is 2.16. The number of fused-ring (bicyclic) bond motifs is 1. The molecular weight excluding hydrogens is 216 g/mol. The predicted octanol–water partition coefficient (Wildman–Crippen LogP) is 2.74. The molecule has 0 aliphatic heterocycles. The van der Waals surface area contributed by atoms with Crippen molar-refractivity contribution >= 4 is 27.5 Å². The van der Waals surface area contributed by atoms with Crippen LogP contribution in [-0.4, -0.2) is 9.38 Å². The van der Waals surface area contributed by atoms with Crippen LogP contribution in [0.2, 0.25) is 0 Å². The second kappa shape index (κ2) is 2.75. The molecule has 2 heterocycles. The predicted molar refractivity (Wildman–Crippen MR) is 53.0 cm³/mol. The van der Waals surface area contributed by atoms with E-state index in [9.17, 15) is 0 Å². The fraction of sp³-hybridized carbons (Fsp3) is 0. The molecule has 0 fully saturated rings. The van der Waals surface area contributed by atoms with Gasteiger partial charge >= 0.3 is 0 Å². The maximum Gasteiger partial charge on any atom is 0.0999 e. The Kier molecular flexibility index (Phi) is 1.73. The Morgan fingerprint density at radius 1 is 1.58 bits per heavy atom. The molecule has 0 aliphatic rings. The first-order valence-electron chi connectivity index (χ1n) is 3.56. The highest BCUT2D eigenvalue weighted by atomic mass is 79.9. The first-order chi connectivity index (χ1) is 5.81. The van der Waals surface area contributed by atoms with Crippen molar-refractivity contribution in [2.24, 2.45) is 0 Å². The maximum absolute atomic E-state index is 4.18. The summed E-state index contributed by atoms with van der Waals surface area (Å²) in [6.45, 7) is 3.69. The number of hydrogen-bond donors (Lipinski definition) is 0. The zero-order valence-corrected chi connectivity index (χ0v) is 7.95. The number of aromatic nitrogens is 2. The van der Waals surface area contributed by atoms with E-state index in [2.05, 4.69) is 27.5 Å². The van der Waals surface area contributed by atoms with E-state index < -0.39 is 0 Å². The molecule has 0 N–H and O–H groups in total. The maximum atomic E-state index is 4.18. The molecule has 0 atom stereocenters. The van der Waals surface area contributed by atoms with Gasteiger partial charge in [0.25, 0.3) is 0 Å². The van der Waals surface area contributed by atoms with E-state index in [-0.39, 0.29) is 0 Å². The van der Waals surface area contributed by atoms with E-state index in [1.807, 2.05) is 22.7 Å². The molecule has 0 amide bonds. The first-order valence-corrected chi connectivity index (χ1v) is 4.35. The van der Waals surface area contributed by atoms with Crippen LogP contribution < -0.4 is 0 Å². The van der Waals surface area contributed by atoms with Gasteiger partial charge in [0.2, 0.25) is 0 Å². The average Bonchev–Trinajstić information content (AvgIpc) is 2.46. The molecule has 3 heteroatoms. The topological polar surface area (TPSA) is 17.3 Å². The summed E-state index contributed by atoms with van der Waals surface area (Å²) in [6, 6.07) is 3.99. The third-order valence-corrected chi connectivity index (χ3v) is 2.22. The van der Waals surface area contributed by atoms with Crippen LogP contribution in [0.25, 0.3) is 11.6 Å². The third kappa shape index (κ3) is 1.06. The molecule has 2 aromatic heterocycles. The van der Waals surface area contributed by atoms with Gasteiger partial charge in [-0.15, -0.1) is 0 Å². The van der Waals surface area contributed by atoms with Crippen molar-refractivity contribution in [1.82, 2.24) is 9.38 Å². The lowest BCUT2D eigenvalue weighted by molar-refractivity contribution is 1.15. The standard InChI is InChI=1S/C9H7BrN2/c1-2-8-9-5-7(10)3-4-12(9)6-11-8/h2-6H,1H2. The molecule has 0 aromatic carbocycles. The summed E-state index contributed by atoms with van der Waals surface area (Å²) >= 11 is 3.41. The van der Waals surface area contributed by atoms with Crippen LogP contribution in [0.1, 0.15) is 5.69 Å². The van der Waals surface area contributed by atoms with E-state index in [4.69, 9.17) is 0 Å². The minimum absolute atomic E-state index is 0.913. The number of nitrogens with zero attached hydrogens (tertiary/aromatic N) is 2. The molecule has 60 valence electrons. The highest BCUT2D eigenvalue weighted by Gasteiger charge is 1.99. The molecule has 0 aliphatic carbocycles. The van der Waals surface area contributed by atoms with Crippen molar-refractivity contribution in [3.63, 3.8) is 0 Å². The van der Waals surface area contributed by atoms with Gasteiger partial charge < -0.3 is 4.40 Å². The van der Waals surface area contributed by atoms with Gasteiger partial charge in [0.15, 0.2) is 0 Å². The summed E-state index contributed by atoms with van der Waals surface area (Å²) in [5.41, 5.74) is 1.98. The van der Waals surface area contributed by atoms with Gasteiger partial charge in [-0.05, 0) is 18.2 Å². The second-order valence-corrected chi connectivity index (χ2v) is 3.39. The lowest BCUT2D eigenvalue weighted by atomic mass is 10.3. The van der Waals surface area contributed by atoms with Crippen LogP contribution in [0.4, 0.5) is 0 Å². The lowest BCUT2D eigenvalue weighted by Gasteiger charge is -1.94. The summed E-state index contributed by atoms with van der Waals surface area (Å²) < 4.78 is 3.01. The van der Waals surface area contributed by atoms with E-state index in [0.717, 1.165) is 15.7 Å². The highest BCUT2D eigenvalue weighted by molar-refractivity contribution is 9.10.